The van der Waals surface area contributed by atoms with E-state index in [4.69, 9.17) is 5.73 Å². The van der Waals surface area contributed by atoms with Gasteiger partial charge < -0.3 is 11.1 Å². The minimum Gasteiger partial charge on any atom is -0.384 e. The van der Waals surface area contributed by atoms with Crippen LogP contribution in [0.15, 0.2) is 18.3 Å². The normalized spacial score (nSPS) is 10.7. The number of pyridine rings is 1. The van der Waals surface area contributed by atoms with Gasteiger partial charge in [0.1, 0.15) is 5.82 Å². The SMILES string of the molecule is CC(C)CNCc1ccnc(N)c1. The molecule has 0 bridgehead atoms. The molecule has 0 unspecified atom stereocenters. The molecule has 0 amide bonds. The van der Waals surface area contributed by atoms with Crippen LogP contribution in [0.4, 0.5) is 5.82 Å². The molecule has 1 aromatic rings. The number of nitrogens with zero attached hydrogens (tertiary/aromatic N) is 1. The van der Waals surface area contributed by atoms with Crippen LogP contribution in [0.1, 0.15) is 19.4 Å². The highest BCUT2D eigenvalue weighted by Gasteiger charge is 1.95. The summed E-state index contributed by atoms with van der Waals surface area (Å²) in [7, 11) is 0. The second-order valence-corrected chi connectivity index (χ2v) is 3.61. The summed E-state index contributed by atoms with van der Waals surface area (Å²) in [6.07, 6.45) is 1.74. The molecule has 0 aliphatic carbocycles. The van der Waals surface area contributed by atoms with Crippen molar-refractivity contribution in [3.8, 4) is 0 Å². The molecule has 1 aromatic heterocycles. The monoisotopic (exact) mass is 179 g/mol. The highest BCUT2D eigenvalue weighted by atomic mass is 14.9. The standard InChI is InChI=1S/C10H17N3/c1-8(2)6-12-7-9-3-4-13-10(11)5-9/h3-5,8,12H,6-7H2,1-2H3,(H2,11,13). The molecule has 0 saturated heterocycles. The summed E-state index contributed by atoms with van der Waals surface area (Å²) in [6.45, 7) is 6.27. The fourth-order valence-corrected chi connectivity index (χ4v) is 1.11. The Morgan fingerprint density at radius 2 is 2.31 bits per heavy atom. The first-order valence-electron chi connectivity index (χ1n) is 4.59. The summed E-state index contributed by atoms with van der Waals surface area (Å²) in [5.74, 6) is 1.27. The Morgan fingerprint density at radius 3 is 2.92 bits per heavy atom. The van der Waals surface area contributed by atoms with Gasteiger partial charge in [-0.15, -0.1) is 0 Å². The number of nitrogens with two attached hydrogens (primary N) is 1. The maximum absolute atomic E-state index is 5.55. The third-order valence-electron chi connectivity index (χ3n) is 1.73. The molecular weight excluding hydrogens is 162 g/mol. The second-order valence-electron chi connectivity index (χ2n) is 3.61. The van der Waals surface area contributed by atoms with Crippen LogP contribution in [0.2, 0.25) is 0 Å². The Labute approximate surface area is 79.4 Å². The number of nitrogens with one attached hydrogen (secondary N) is 1. The van der Waals surface area contributed by atoms with E-state index >= 15 is 0 Å². The van der Waals surface area contributed by atoms with E-state index in [0.717, 1.165) is 13.1 Å². The molecule has 1 rings (SSSR count). The number of anilines is 1. The topological polar surface area (TPSA) is 50.9 Å². The van der Waals surface area contributed by atoms with Crippen molar-refractivity contribution in [2.24, 2.45) is 5.92 Å². The van der Waals surface area contributed by atoms with Crippen LogP contribution < -0.4 is 11.1 Å². The van der Waals surface area contributed by atoms with Gasteiger partial charge in [-0.1, -0.05) is 13.8 Å². The zero-order chi connectivity index (χ0) is 9.68. The average molecular weight is 179 g/mol. The quantitative estimate of drug-likeness (QED) is 0.734. The molecule has 3 N–H and O–H groups in total. The van der Waals surface area contributed by atoms with Gasteiger partial charge in [0.2, 0.25) is 0 Å². The molecular formula is C10H17N3. The lowest BCUT2D eigenvalue weighted by atomic mass is 10.2. The molecule has 13 heavy (non-hydrogen) atoms. The summed E-state index contributed by atoms with van der Waals surface area (Å²) in [5.41, 5.74) is 6.74. The highest BCUT2D eigenvalue weighted by Crippen LogP contribution is 2.02. The molecule has 0 spiro atoms. The minimum atomic E-state index is 0.587. The molecule has 72 valence electrons. The number of hydrogen-bond donors (Lipinski definition) is 2. The van der Waals surface area contributed by atoms with Crippen LogP contribution in [0.25, 0.3) is 0 Å². The number of rotatable bonds is 4. The van der Waals surface area contributed by atoms with Gasteiger partial charge in [0, 0.05) is 12.7 Å². The van der Waals surface area contributed by atoms with Crippen LogP contribution >= 0.6 is 0 Å². The minimum absolute atomic E-state index is 0.587. The van der Waals surface area contributed by atoms with Crippen molar-refractivity contribution < 1.29 is 0 Å². The first-order chi connectivity index (χ1) is 6.18. The Balaban J connectivity index is 2.37. The van der Waals surface area contributed by atoms with Gasteiger partial charge in [0.15, 0.2) is 0 Å². The maximum Gasteiger partial charge on any atom is 0.123 e. The van der Waals surface area contributed by atoms with Crippen molar-refractivity contribution in [1.82, 2.24) is 10.3 Å². The first kappa shape index (κ1) is 9.99. The van der Waals surface area contributed by atoms with Gasteiger partial charge >= 0.3 is 0 Å². The summed E-state index contributed by atoms with van der Waals surface area (Å²) in [6, 6.07) is 3.87. The lowest BCUT2D eigenvalue weighted by Gasteiger charge is -2.07. The van der Waals surface area contributed by atoms with Crippen molar-refractivity contribution in [2.75, 3.05) is 12.3 Å². The average Bonchev–Trinajstić information content (AvgIpc) is 2.03. The lowest BCUT2D eigenvalue weighted by Crippen LogP contribution is -2.19. The largest absolute Gasteiger partial charge is 0.384 e. The van der Waals surface area contributed by atoms with Gasteiger partial charge in [-0.05, 0) is 30.2 Å². The van der Waals surface area contributed by atoms with E-state index in [1.165, 1.54) is 5.56 Å². The Hall–Kier alpha value is -1.09. The molecule has 1 heterocycles. The number of nitrogen functional groups attached to an aromatic ring is 1. The van der Waals surface area contributed by atoms with Gasteiger partial charge in [-0.2, -0.15) is 0 Å². The van der Waals surface area contributed by atoms with Gasteiger partial charge in [0.25, 0.3) is 0 Å². The van der Waals surface area contributed by atoms with Crippen LogP contribution in [-0.4, -0.2) is 11.5 Å². The Bertz CT molecular complexity index is 258. The van der Waals surface area contributed by atoms with Gasteiger partial charge in [0.05, 0.1) is 0 Å². The number of hydrogen-bond acceptors (Lipinski definition) is 3. The van der Waals surface area contributed by atoms with E-state index in [0.29, 0.717) is 11.7 Å². The molecule has 0 saturated carbocycles. The maximum atomic E-state index is 5.55. The van der Waals surface area contributed by atoms with Crippen LogP contribution in [-0.2, 0) is 6.54 Å². The van der Waals surface area contributed by atoms with Gasteiger partial charge in [-0.25, -0.2) is 4.98 Å². The van der Waals surface area contributed by atoms with E-state index in [2.05, 4.69) is 24.1 Å². The van der Waals surface area contributed by atoms with Crippen molar-refractivity contribution in [2.45, 2.75) is 20.4 Å². The predicted molar refractivity (Wildman–Crippen MR) is 55.2 cm³/mol. The van der Waals surface area contributed by atoms with Crippen molar-refractivity contribution in [1.29, 1.82) is 0 Å². The third-order valence-corrected chi connectivity index (χ3v) is 1.73. The zero-order valence-electron chi connectivity index (χ0n) is 8.25. The van der Waals surface area contributed by atoms with E-state index in [1.807, 2.05) is 12.1 Å². The van der Waals surface area contributed by atoms with E-state index < -0.39 is 0 Å². The molecule has 0 radical (unpaired) electrons. The second kappa shape index (κ2) is 4.82. The Kier molecular flexibility index (Phi) is 3.71. The van der Waals surface area contributed by atoms with Crippen LogP contribution in [0, 0.1) is 5.92 Å². The molecule has 3 heteroatoms. The first-order valence-corrected chi connectivity index (χ1v) is 4.59. The molecule has 0 aliphatic heterocycles. The van der Waals surface area contributed by atoms with Crippen molar-refractivity contribution in [3.63, 3.8) is 0 Å². The van der Waals surface area contributed by atoms with E-state index in [9.17, 15) is 0 Å². The molecule has 0 aromatic carbocycles. The zero-order valence-corrected chi connectivity index (χ0v) is 8.25. The molecule has 0 aliphatic rings. The molecule has 0 atom stereocenters. The third kappa shape index (κ3) is 3.90. The molecule has 0 fully saturated rings. The van der Waals surface area contributed by atoms with Crippen molar-refractivity contribution >= 4 is 5.82 Å². The van der Waals surface area contributed by atoms with Crippen LogP contribution in [0.5, 0.6) is 0 Å². The smallest absolute Gasteiger partial charge is 0.123 e. The Morgan fingerprint density at radius 1 is 1.54 bits per heavy atom. The summed E-state index contributed by atoms with van der Waals surface area (Å²) >= 11 is 0. The summed E-state index contributed by atoms with van der Waals surface area (Å²) in [5, 5.41) is 3.34. The predicted octanol–water partition coefficient (Wildman–Crippen LogP) is 1.41. The van der Waals surface area contributed by atoms with Crippen LogP contribution in [0.3, 0.4) is 0 Å². The van der Waals surface area contributed by atoms with E-state index in [1.54, 1.807) is 6.20 Å². The van der Waals surface area contributed by atoms with Gasteiger partial charge in [-0.3, -0.25) is 0 Å². The highest BCUT2D eigenvalue weighted by molar-refractivity contribution is 5.31. The summed E-state index contributed by atoms with van der Waals surface area (Å²) in [4.78, 5) is 3.93. The van der Waals surface area contributed by atoms with E-state index in [-0.39, 0.29) is 0 Å². The fourth-order valence-electron chi connectivity index (χ4n) is 1.11. The lowest BCUT2D eigenvalue weighted by molar-refractivity contribution is 0.552. The molecule has 3 nitrogen and oxygen atoms in total. The number of aromatic nitrogens is 1. The fraction of sp³-hybridized carbons (Fsp3) is 0.500. The summed E-state index contributed by atoms with van der Waals surface area (Å²) < 4.78 is 0. The van der Waals surface area contributed by atoms with Crippen molar-refractivity contribution in [3.05, 3.63) is 23.9 Å².